The number of hydrogen-bond donors (Lipinski definition) is 1. The zero-order valence-corrected chi connectivity index (χ0v) is 11.2. The summed E-state index contributed by atoms with van der Waals surface area (Å²) in [4.78, 5) is 6.41. The third-order valence-electron chi connectivity index (χ3n) is 2.40. The zero-order chi connectivity index (χ0) is 12.7. The highest BCUT2D eigenvalue weighted by Gasteiger charge is 2.08. The van der Waals surface area contributed by atoms with Crippen molar-refractivity contribution in [3.05, 3.63) is 12.0 Å². The lowest BCUT2D eigenvalue weighted by atomic mass is 10.4. The summed E-state index contributed by atoms with van der Waals surface area (Å²) in [7, 11) is 3.68. The Labute approximate surface area is 103 Å². The van der Waals surface area contributed by atoms with Crippen molar-refractivity contribution in [3.8, 4) is 0 Å². The van der Waals surface area contributed by atoms with Crippen molar-refractivity contribution < 1.29 is 9.15 Å². The number of ether oxygens (including phenoxy) is 1. The van der Waals surface area contributed by atoms with Crippen LogP contribution in [0, 0.1) is 0 Å². The average Bonchev–Trinajstić information content (AvgIpc) is 2.75. The monoisotopic (exact) mass is 241 g/mol. The van der Waals surface area contributed by atoms with Gasteiger partial charge in [0, 0.05) is 39.9 Å². The number of hydrogen-bond acceptors (Lipinski definition) is 5. The maximum absolute atomic E-state index is 5.42. The minimum Gasteiger partial charge on any atom is -0.432 e. The van der Waals surface area contributed by atoms with E-state index >= 15 is 0 Å². The number of nitrogens with one attached hydrogen (secondary N) is 1. The smallest absolute Gasteiger partial charge is 0.297 e. The predicted molar refractivity (Wildman–Crippen MR) is 68.2 cm³/mol. The Morgan fingerprint density at radius 2 is 2.29 bits per heavy atom. The van der Waals surface area contributed by atoms with E-state index in [2.05, 4.69) is 24.1 Å². The zero-order valence-electron chi connectivity index (χ0n) is 11.2. The van der Waals surface area contributed by atoms with Crippen molar-refractivity contribution >= 4 is 6.01 Å². The highest BCUT2D eigenvalue weighted by molar-refractivity contribution is 5.24. The summed E-state index contributed by atoms with van der Waals surface area (Å²) in [6, 6.07) is 1.12. The van der Waals surface area contributed by atoms with Crippen LogP contribution in [0.2, 0.25) is 0 Å². The van der Waals surface area contributed by atoms with Gasteiger partial charge >= 0.3 is 0 Å². The van der Waals surface area contributed by atoms with Crippen LogP contribution in [0.3, 0.4) is 0 Å². The first kappa shape index (κ1) is 14.0. The molecule has 0 aliphatic carbocycles. The van der Waals surface area contributed by atoms with Crippen LogP contribution in [0.15, 0.2) is 10.7 Å². The minimum absolute atomic E-state index is 0.453. The van der Waals surface area contributed by atoms with Crippen LogP contribution in [0.5, 0.6) is 0 Å². The summed E-state index contributed by atoms with van der Waals surface area (Å²) in [6.07, 6.45) is 2.67. The maximum atomic E-state index is 5.42. The predicted octanol–water partition coefficient (Wildman–Crippen LogP) is 1.65. The number of oxazole rings is 1. The Morgan fingerprint density at radius 1 is 1.53 bits per heavy atom. The fourth-order valence-electron chi connectivity index (χ4n) is 1.40. The molecule has 0 aliphatic rings. The minimum atomic E-state index is 0.453. The first-order chi connectivity index (χ1) is 8.13. The molecule has 0 bridgehead atoms. The molecule has 5 heteroatoms. The van der Waals surface area contributed by atoms with Crippen molar-refractivity contribution in [2.75, 3.05) is 32.2 Å². The number of anilines is 1. The van der Waals surface area contributed by atoms with Gasteiger partial charge in [0.25, 0.3) is 6.01 Å². The molecule has 0 amide bonds. The van der Waals surface area contributed by atoms with Gasteiger partial charge in [-0.25, -0.2) is 0 Å². The molecule has 0 saturated carbocycles. The van der Waals surface area contributed by atoms with E-state index in [0.29, 0.717) is 12.1 Å². The molecule has 0 spiro atoms. The molecule has 1 heterocycles. The maximum Gasteiger partial charge on any atom is 0.297 e. The van der Waals surface area contributed by atoms with E-state index in [-0.39, 0.29) is 0 Å². The highest BCUT2D eigenvalue weighted by atomic mass is 16.5. The normalized spacial score (nSPS) is 11.1. The van der Waals surface area contributed by atoms with Crippen LogP contribution in [-0.2, 0) is 11.3 Å². The fourth-order valence-corrected chi connectivity index (χ4v) is 1.40. The molecule has 98 valence electrons. The molecule has 1 N–H and O–H groups in total. The second kappa shape index (κ2) is 7.29. The van der Waals surface area contributed by atoms with Gasteiger partial charge in [-0.15, -0.1) is 0 Å². The van der Waals surface area contributed by atoms with Crippen molar-refractivity contribution in [1.29, 1.82) is 0 Å². The molecule has 1 rings (SSSR count). The molecule has 1 aromatic heterocycles. The van der Waals surface area contributed by atoms with E-state index in [0.717, 1.165) is 31.8 Å². The Bertz CT molecular complexity index is 312. The second-order valence-electron chi connectivity index (χ2n) is 4.42. The SMILES string of the molecule is COCCCN(C)c1nc(CNC(C)C)co1. The highest BCUT2D eigenvalue weighted by Crippen LogP contribution is 2.12. The lowest BCUT2D eigenvalue weighted by molar-refractivity contribution is 0.196. The molecule has 0 unspecified atom stereocenters. The molecular formula is C12H23N3O2. The van der Waals surface area contributed by atoms with Crippen LogP contribution in [0.4, 0.5) is 6.01 Å². The molecule has 1 aromatic rings. The number of methoxy groups -OCH3 is 1. The van der Waals surface area contributed by atoms with E-state index < -0.39 is 0 Å². The topological polar surface area (TPSA) is 50.5 Å². The van der Waals surface area contributed by atoms with Crippen LogP contribution < -0.4 is 10.2 Å². The average molecular weight is 241 g/mol. The first-order valence-corrected chi connectivity index (χ1v) is 6.01. The molecule has 0 aromatic carbocycles. The van der Waals surface area contributed by atoms with Gasteiger partial charge in [0.2, 0.25) is 0 Å². The van der Waals surface area contributed by atoms with Gasteiger partial charge in [-0.3, -0.25) is 0 Å². The number of aromatic nitrogens is 1. The second-order valence-corrected chi connectivity index (χ2v) is 4.42. The molecule has 0 aliphatic heterocycles. The molecular weight excluding hydrogens is 218 g/mol. The lowest BCUT2D eigenvalue weighted by Gasteiger charge is -2.13. The third-order valence-corrected chi connectivity index (χ3v) is 2.40. The van der Waals surface area contributed by atoms with Crippen molar-refractivity contribution in [2.45, 2.75) is 32.9 Å². The van der Waals surface area contributed by atoms with E-state index in [1.165, 1.54) is 0 Å². The lowest BCUT2D eigenvalue weighted by Crippen LogP contribution is -2.22. The summed E-state index contributed by atoms with van der Waals surface area (Å²) in [5.41, 5.74) is 0.937. The Hall–Kier alpha value is -1.07. The Kier molecular flexibility index (Phi) is 6.00. The summed E-state index contributed by atoms with van der Waals surface area (Å²) in [5, 5.41) is 3.31. The number of nitrogens with zero attached hydrogens (tertiary/aromatic N) is 2. The first-order valence-electron chi connectivity index (χ1n) is 6.01. The van der Waals surface area contributed by atoms with Crippen LogP contribution in [0.25, 0.3) is 0 Å². The van der Waals surface area contributed by atoms with Gasteiger partial charge in [0.15, 0.2) is 0 Å². The van der Waals surface area contributed by atoms with E-state index in [1.54, 1.807) is 13.4 Å². The van der Waals surface area contributed by atoms with Gasteiger partial charge in [-0.2, -0.15) is 4.98 Å². The summed E-state index contributed by atoms with van der Waals surface area (Å²) < 4.78 is 10.4. The van der Waals surface area contributed by atoms with Gasteiger partial charge in [-0.1, -0.05) is 13.8 Å². The molecule has 17 heavy (non-hydrogen) atoms. The van der Waals surface area contributed by atoms with E-state index in [1.807, 2.05) is 11.9 Å². The quantitative estimate of drug-likeness (QED) is 0.701. The summed E-state index contributed by atoms with van der Waals surface area (Å²) in [5.74, 6) is 0. The van der Waals surface area contributed by atoms with Crippen molar-refractivity contribution in [3.63, 3.8) is 0 Å². The van der Waals surface area contributed by atoms with E-state index in [9.17, 15) is 0 Å². The summed E-state index contributed by atoms with van der Waals surface area (Å²) >= 11 is 0. The van der Waals surface area contributed by atoms with Crippen LogP contribution >= 0.6 is 0 Å². The molecule has 5 nitrogen and oxygen atoms in total. The van der Waals surface area contributed by atoms with Gasteiger partial charge in [0.05, 0.1) is 5.69 Å². The van der Waals surface area contributed by atoms with Gasteiger partial charge in [-0.05, 0) is 6.42 Å². The Morgan fingerprint density at radius 3 is 2.94 bits per heavy atom. The van der Waals surface area contributed by atoms with Gasteiger partial charge < -0.3 is 19.4 Å². The molecule has 0 saturated heterocycles. The van der Waals surface area contributed by atoms with Crippen molar-refractivity contribution in [2.24, 2.45) is 0 Å². The molecule has 0 atom stereocenters. The Balaban J connectivity index is 2.38. The van der Waals surface area contributed by atoms with E-state index in [4.69, 9.17) is 9.15 Å². The summed E-state index contributed by atoms with van der Waals surface area (Å²) in [6.45, 7) is 6.60. The van der Waals surface area contributed by atoms with Crippen LogP contribution in [0.1, 0.15) is 26.0 Å². The number of rotatable bonds is 8. The largest absolute Gasteiger partial charge is 0.432 e. The molecule has 0 radical (unpaired) electrons. The van der Waals surface area contributed by atoms with Gasteiger partial charge in [0.1, 0.15) is 6.26 Å². The fraction of sp³-hybridized carbons (Fsp3) is 0.750. The standard InChI is InChI=1S/C12H23N3O2/c1-10(2)13-8-11-9-17-12(14-11)15(3)6-5-7-16-4/h9-10,13H,5-8H2,1-4H3. The van der Waals surface area contributed by atoms with Crippen LogP contribution in [-0.4, -0.2) is 38.3 Å². The third kappa shape index (κ3) is 5.19. The molecule has 0 fully saturated rings. The van der Waals surface area contributed by atoms with Crippen molar-refractivity contribution in [1.82, 2.24) is 10.3 Å².